The third kappa shape index (κ3) is 4.80. The molecule has 0 amide bonds. The Kier molecular flexibility index (Phi) is 6.75. The van der Waals surface area contributed by atoms with E-state index >= 15 is 0 Å². The summed E-state index contributed by atoms with van der Waals surface area (Å²) >= 11 is 0. The summed E-state index contributed by atoms with van der Waals surface area (Å²) in [4.78, 5) is 2.21. The minimum Gasteiger partial charge on any atom is -0.345 e. The summed E-state index contributed by atoms with van der Waals surface area (Å²) < 4.78 is 2.50. The third-order valence-electron chi connectivity index (χ3n) is 10.6. The average Bonchev–Trinajstić information content (AvgIpc) is 3.56. The second kappa shape index (κ2) is 11.8. The fraction of sp³-hybridized carbons (Fsp3) is 0.0204. The smallest absolute Gasteiger partial charge is 0.0625 e. The van der Waals surface area contributed by atoms with Crippen LogP contribution in [0.15, 0.2) is 188 Å². The molecule has 1 aromatic heterocycles. The monoisotopic (exact) mass is 650 g/mol. The van der Waals surface area contributed by atoms with Crippen LogP contribution in [0.25, 0.3) is 82.1 Å². The predicted molar refractivity (Wildman–Crippen MR) is 219 cm³/mol. The number of benzene rings is 9. The van der Waals surface area contributed by atoms with Gasteiger partial charge in [0.05, 0.1) is 11.0 Å². The van der Waals surface area contributed by atoms with E-state index in [2.05, 4.69) is 205 Å². The van der Waals surface area contributed by atoms with Gasteiger partial charge in [0.1, 0.15) is 0 Å². The molecule has 0 radical (unpaired) electrons. The zero-order chi connectivity index (χ0) is 33.9. The standard InChI is InChI=1S/C49H34N2/c1-50(39-13-3-2-4-14-39)40-27-23-35(24-28-40)34-19-21-36(22-20-34)38-26-30-46-47(32-38)51(41-29-25-33-11-5-6-12-37(33)31-41)49-45-18-10-8-16-43(45)42-15-7-9-17-44(42)48(46)49/h2-32H,1H3. The van der Waals surface area contributed by atoms with Crippen molar-refractivity contribution in [1.29, 1.82) is 0 Å². The number of hydrogen-bond acceptors (Lipinski definition) is 1. The second-order valence-corrected chi connectivity index (χ2v) is 13.4. The van der Waals surface area contributed by atoms with E-state index in [-0.39, 0.29) is 0 Å². The highest BCUT2D eigenvalue weighted by molar-refractivity contribution is 6.32. The van der Waals surface area contributed by atoms with E-state index in [1.807, 2.05) is 0 Å². The molecule has 0 N–H and O–H groups in total. The Hall–Kier alpha value is -6.64. The van der Waals surface area contributed by atoms with Gasteiger partial charge in [-0.3, -0.25) is 0 Å². The zero-order valence-corrected chi connectivity index (χ0v) is 28.3. The molecule has 2 nitrogen and oxygen atoms in total. The van der Waals surface area contributed by atoms with Crippen molar-refractivity contribution >= 4 is 65.5 Å². The van der Waals surface area contributed by atoms with Crippen LogP contribution in [-0.2, 0) is 0 Å². The molecule has 0 saturated carbocycles. The second-order valence-electron chi connectivity index (χ2n) is 13.4. The van der Waals surface area contributed by atoms with Crippen molar-refractivity contribution in [2.45, 2.75) is 0 Å². The summed E-state index contributed by atoms with van der Waals surface area (Å²) in [6.45, 7) is 0. The van der Waals surface area contributed by atoms with E-state index in [9.17, 15) is 0 Å². The van der Waals surface area contributed by atoms with Crippen LogP contribution in [0, 0.1) is 0 Å². The van der Waals surface area contributed by atoms with Gasteiger partial charge in [-0.2, -0.15) is 0 Å². The number of para-hydroxylation sites is 1. The molecule has 0 aliphatic rings. The van der Waals surface area contributed by atoms with Crippen molar-refractivity contribution < 1.29 is 0 Å². The van der Waals surface area contributed by atoms with Gasteiger partial charge in [-0.1, -0.05) is 146 Å². The number of aromatic nitrogens is 1. The van der Waals surface area contributed by atoms with Gasteiger partial charge >= 0.3 is 0 Å². The molecule has 1 heterocycles. The lowest BCUT2D eigenvalue weighted by Crippen LogP contribution is -2.08. The Balaban J connectivity index is 1.12. The van der Waals surface area contributed by atoms with Gasteiger partial charge in [-0.05, 0) is 91.6 Å². The Labute approximate surface area is 297 Å². The van der Waals surface area contributed by atoms with Crippen LogP contribution in [0.5, 0.6) is 0 Å². The first kappa shape index (κ1) is 29.3. The zero-order valence-electron chi connectivity index (χ0n) is 28.3. The van der Waals surface area contributed by atoms with Crippen molar-refractivity contribution in [1.82, 2.24) is 4.57 Å². The molecule has 0 saturated heterocycles. The van der Waals surface area contributed by atoms with Gasteiger partial charge in [0.2, 0.25) is 0 Å². The molecule has 0 spiro atoms. The van der Waals surface area contributed by atoms with Crippen LogP contribution in [0.1, 0.15) is 0 Å². The number of fused-ring (bicyclic) bond motifs is 9. The minimum atomic E-state index is 1.16. The van der Waals surface area contributed by atoms with E-state index in [1.165, 1.54) is 87.8 Å². The first-order chi connectivity index (χ1) is 25.2. The number of nitrogens with zero attached hydrogens (tertiary/aromatic N) is 2. The highest BCUT2D eigenvalue weighted by Crippen LogP contribution is 2.43. The first-order valence-electron chi connectivity index (χ1n) is 17.6. The lowest BCUT2D eigenvalue weighted by molar-refractivity contribution is 1.19. The molecule has 51 heavy (non-hydrogen) atoms. The SMILES string of the molecule is CN(c1ccccc1)c1ccc(-c2ccc(-c3ccc4c5c6ccccc6c6ccccc6c5n(-c5ccc6ccccc6c5)c4c3)cc2)cc1. The van der Waals surface area contributed by atoms with Crippen molar-refractivity contribution in [3.63, 3.8) is 0 Å². The molecular formula is C49H34N2. The molecule has 2 heteroatoms. The Morgan fingerprint density at radius 3 is 1.63 bits per heavy atom. The summed E-state index contributed by atoms with van der Waals surface area (Å²) in [5, 5.41) is 10.2. The van der Waals surface area contributed by atoms with Gasteiger partial charge in [0.15, 0.2) is 0 Å². The predicted octanol–water partition coefficient (Wildman–Crippen LogP) is 13.3. The van der Waals surface area contributed by atoms with Crippen molar-refractivity contribution in [2.75, 3.05) is 11.9 Å². The van der Waals surface area contributed by atoms with Gasteiger partial charge in [0, 0.05) is 40.3 Å². The van der Waals surface area contributed by atoms with Crippen molar-refractivity contribution in [3.8, 4) is 27.9 Å². The highest BCUT2D eigenvalue weighted by Gasteiger charge is 2.19. The maximum atomic E-state index is 2.50. The number of rotatable bonds is 5. The summed E-state index contributed by atoms with van der Waals surface area (Å²) in [6, 6.07) is 68.6. The summed E-state index contributed by atoms with van der Waals surface area (Å²) in [5.74, 6) is 0. The lowest BCUT2D eigenvalue weighted by atomic mass is 9.96. The topological polar surface area (TPSA) is 8.17 Å². The van der Waals surface area contributed by atoms with Gasteiger partial charge < -0.3 is 9.47 Å². The van der Waals surface area contributed by atoms with Crippen molar-refractivity contribution in [2.24, 2.45) is 0 Å². The summed E-state index contributed by atoms with van der Waals surface area (Å²) in [5.41, 5.74) is 10.8. The van der Waals surface area contributed by atoms with E-state index in [4.69, 9.17) is 0 Å². The van der Waals surface area contributed by atoms with E-state index in [1.54, 1.807) is 0 Å². The molecule has 0 atom stereocenters. The van der Waals surface area contributed by atoms with E-state index in [0.29, 0.717) is 0 Å². The van der Waals surface area contributed by atoms with Gasteiger partial charge in [0.25, 0.3) is 0 Å². The Morgan fingerprint density at radius 2 is 0.902 bits per heavy atom. The molecule has 240 valence electrons. The Morgan fingerprint density at radius 1 is 0.373 bits per heavy atom. The quantitative estimate of drug-likeness (QED) is 0.168. The van der Waals surface area contributed by atoms with Crippen LogP contribution in [0.2, 0.25) is 0 Å². The van der Waals surface area contributed by atoms with Crippen LogP contribution < -0.4 is 4.90 Å². The first-order valence-corrected chi connectivity index (χ1v) is 17.6. The van der Waals surface area contributed by atoms with Crippen LogP contribution in [0.3, 0.4) is 0 Å². The molecule has 0 unspecified atom stereocenters. The molecule has 0 fully saturated rings. The van der Waals surface area contributed by atoms with Crippen LogP contribution in [-0.4, -0.2) is 11.6 Å². The van der Waals surface area contributed by atoms with Gasteiger partial charge in [-0.15, -0.1) is 0 Å². The maximum absolute atomic E-state index is 2.50. The molecule has 9 aromatic carbocycles. The third-order valence-corrected chi connectivity index (χ3v) is 10.6. The normalized spacial score (nSPS) is 11.6. The largest absolute Gasteiger partial charge is 0.345 e. The summed E-state index contributed by atoms with van der Waals surface area (Å²) in [6.07, 6.45) is 0. The fourth-order valence-electron chi connectivity index (χ4n) is 7.97. The average molecular weight is 651 g/mol. The van der Waals surface area contributed by atoms with Crippen LogP contribution >= 0.6 is 0 Å². The summed E-state index contributed by atoms with van der Waals surface area (Å²) in [7, 11) is 2.11. The molecule has 0 aliphatic carbocycles. The fourth-order valence-corrected chi connectivity index (χ4v) is 7.97. The maximum Gasteiger partial charge on any atom is 0.0625 e. The Bertz CT molecular complexity index is 2900. The molecule has 0 bridgehead atoms. The number of hydrogen-bond donors (Lipinski definition) is 0. The molecule has 10 aromatic rings. The van der Waals surface area contributed by atoms with E-state index in [0.717, 1.165) is 5.69 Å². The van der Waals surface area contributed by atoms with Gasteiger partial charge in [-0.25, -0.2) is 0 Å². The van der Waals surface area contributed by atoms with E-state index < -0.39 is 0 Å². The molecule has 0 aliphatic heterocycles. The molecular weight excluding hydrogens is 617 g/mol. The number of anilines is 2. The lowest BCUT2D eigenvalue weighted by Gasteiger charge is -2.19. The van der Waals surface area contributed by atoms with Crippen molar-refractivity contribution in [3.05, 3.63) is 188 Å². The van der Waals surface area contributed by atoms with Crippen LogP contribution in [0.4, 0.5) is 11.4 Å². The molecule has 10 rings (SSSR count). The minimum absolute atomic E-state index is 1.16. The highest BCUT2D eigenvalue weighted by atomic mass is 15.1.